The lowest BCUT2D eigenvalue weighted by Gasteiger charge is -2.44. The van der Waals surface area contributed by atoms with Crippen molar-refractivity contribution in [2.45, 2.75) is 50.9 Å². The van der Waals surface area contributed by atoms with Crippen LogP contribution in [0.2, 0.25) is 0 Å². The highest BCUT2D eigenvalue weighted by Gasteiger charge is 2.50. The minimum atomic E-state index is -2.83. The van der Waals surface area contributed by atoms with Crippen LogP contribution < -0.4 is 4.74 Å². The number of hydrogen-bond donors (Lipinski definition) is 0. The Bertz CT molecular complexity index is 832. The van der Waals surface area contributed by atoms with Gasteiger partial charge in [-0.05, 0) is 62.1 Å². The summed E-state index contributed by atoms with van der Waals surface area (Å²) in [6.45, 7) is -0.0523. The fraction of sp³-hybridized carbons (Fsp3) is 0.455. The first-order valence-electron chi connectivity index (χ1n) is 10.0. The Hall–Kier alpha value is -2.54. The Morgan fingerprint density at radius 2 is 1.79 bits per heavy atom. The molecular weight excluding hydrogens is 376 g/mol. The number of ether oxygens (including phenoxy) is 1. The Morgan fingerprint density at radius 3 is 2.48 bits per heavy atom. The Morgan fingerprint density at radius 1 is 1.03 bits per heavy atom. The van der Waals surface area contributed by atoms with Gasteiger partial charge in [-0.2, -0.15) is 8.78 Å². The minimum Gasteiger partial charge on any atom is -0.435 e. The number of carbonyl (C=O) groups is 1. The Labute approximate surface area is 169 Å². The first kappa shape index (κ1) is 19.8. The van der Waals surface area contributed by atoms with E-state index in [2.05, 4.69) is 14.6 Å². The number of pyridine rings is 1. The molecule has 2 aromatic rings. The van der Waals surface area contributed by atoms with Crippen LogP contribution in [-0.4, -0.2) is 45.9 Å². The molecule has 0 aliphatic carbocycles. The van der Waals surface area contributed by atoms with Gasteiger partial charge in [0.25, 0.3) is 0 Å². The zero-order valence-electron chi connectivity index (χ0n) is 16.3. The van der Waals surface area contributed by atoms with E-state index in [-0.39, 0.29) is 11.7 Å². The molecule has 1 atom stereocenters. The number of halogens is 2. The summed E-state index contributed by atoms with van der Waals surface area (Å²) in [6, 6.07) is 12.5. The van der Waals surface area contributed by atoms with Crippen molar-refractivity contribution < 1.29 is 18.3 Å². The molecule has 2 fully saturated rings. The summed E-state index contributed by atoms with van der Waals surface area (Å²) >= 11 is 0. The lowest BCUT2D eigenvalue weighted by molar-refractivity contribution is -0.148. The second-order valence-electron chi connectivity index (χ2n) is 7.73. The largest absolute Gasteiger partial charge is 0.435 e. The van der Waals surface area contributed by atoms with Crippen LogP contribution >= 0.6 is 0 Å². The fourth-order valence-electron chi connectivity index (χ4n) is 4.59. The van der Waals surface area contributed by atoms with Gasteiger partial charge in [0.2, 0.25) is 5.91 Å². The number of rotatable bonds is 6. The number of piperidine rings is 1. The number of alkyl halides is 2. The lowest BCUT2D eigenvalue weighted by atomic mass is 9.85. The molecule has 0 N–H and O–H groups in total. The van der Waals surface area contributed by atoms with E-state index in [0.717, 1.165) is 50.0 Å². The minimum absolute atomic E-state index is 0.148. The first-order valence-corrected chi connectivity index (χ1v) is 10.0. The number of carbonyl (C=O) groups excluding carboxylic acids is 1. The first-order chi connectivity index (χ1) is 14.1. The van der Waals surface area contributed by atoms with E-state index in [4.69, 9.17) is 0 Å². The van der Waals surface area contributed by atoms with Crippen molar-refractivity contribution in [2.24, 2.45) is 0 Å². The summed E-state index contributed by atoms with van der Waals surface area (Å²) < 4.78 is 29.1. The number of benzene rings is 1. The number of likely N-dealkylation sites (tertiary alicyclic amines) is 2. The second-order valence-corrected chi connectivity index (χ2v) is 7.73. The van der Waals surface area contributed by atoms with Crippen molar-refractivity contribution >= 4 is 5.91 Å². The monoisotopic (exact) mass is 401 g/mol. The van der Waals surface area contributed by atoms with Crippen molar-refractivity contribution in [1.82, 2.24) is 14.8 Å². The Balaban J connectivity index is 1.47. The van der Waals surface area contributed by atoms with Gasteiger partial charge in [0, 0.05) is 19.3 Å². The van der Waals surface area contributed by atoms with Gasteiger partial charge in [-0.1, -0.05) is 18.2 Å². The number of nitrogens with zero attached hydrogens (tertiary/aromatic N) is 3. The quantitative estimate of drug-likeness (QED) is 0.738. The molecule has 4 rings (SSSR count). The molecule has 29 heavy (non-hydrogen) atoms. The zero-order valence-corrected chi connectivity index (χ0v) is 16.3. The molecule has 1 spiro atoms. The second kappa shape index (κ2) is 8.45. The van der Waals surface area contributed by atoms with Gasteiger partial charge >= 0.3 is 6.61 Å². The maximum absolute atomic E-state index is 13.5. The number of amides is 1. The molecule has 7 heteroatoms. The molecule has 0 radical (unpaired) electrons. The van der Waals surface area contributed by atoms with Crippen molar-refractivity contribution in [3.8, 4) is 5.75 Å². The average Bonchev–Trinajstić information content (AvgIpc) is 3.10. The highest BCUT2D eigenvalue weighted by atomic mass is 19.3. The summed E-state index contributed by atoms with van der Waals surface area (Å²) in [4.78, 5) is 22.0. The molecule has 1 amide bonds. The Kier molecular flexibility index (Phi) is 5.76. The maximum Gasteiger partial charge on any atom is 0.387 e. The summed E-state index contributed by atoms with van der Waals surface area (Å²) in [5, 5.41) is 0. The van der Waals surface area contributed by atoms with Crippen LogP contribution in [0.25, 0.3) is 0 Å². The van der Waals surface area contributed by atoms with Gasteiger partial charge in [-0.25, -0.2) is 0 Å². The SMILES string of the molecule is O=C1N(Cc2ccccn2)CCCC12CCCN2Cc1ccc(OC(F)F)cc1. The van der Waals surface area contributed by atoms with Crippen LogP contribution in [0, 0.1) is 0 Å². The van der Waals surface area contributed by atoms with Crippen molar-refractivity contribution in [2.75, 3.05) is 13.1 Å². The summed E-state index contributed by atoms with van der Waals surface area (Å²) in [5.41, 5.74) is 1.42. The van der Waals surface area contributed by atoms with Crippen molar-refractivity contribution in [3.05, 3.63) is 59.9 Å². The zero-order chi connectivity index (χ0) is 20.3. The van der Waals surface area contributed by atoms with E-state index >= 15 is 0 Å². The molecule has 0 bridgehead atoms. The van der Waals surface area contributed by atoms with E-state index in [9.17, 15) is 13.6 Å². The number of hydrogen-bond acceptors (Lipinski definition) is 4. The molecule has 1 aromatic heterocycles. The third kappa shape index (κ3) is 4.24. The van der Waals surface area contributed by atoms with Gasteiger partial charge in [0.1, 0.15) is 11.3 Å². The average molecular weight is 401 g/mol. The van der Waals surface area contributed by atoms with Gasteiger partial charge in [0.05, 0.1) is 12.2 Å². The molecule has 1 aromatic carbocycles. The van der Waals surface area contributed by atoms with Gasteiger partial charge in [0.15, 0.2) is 0 Å². The summed E-state index contributed by atoms with van der Waals surface area (Å²) in [5.74, 6) is 0.333. The van der Waals surface area contributed by atoms with Gasteiger partial charge in [-0.15, -0.1) is 0 Å². The molecule has 1 unspecified atom stereocenters. The van der Waals surface area contributed by atoms with Crippen molar-refractivity contribution in [1.29, 1.82) is 0 Å². The topological polar surface area (TPSA) is 45.7 Å². The molecule has 3 heterocycles. The highest BCUT2D eigenvalue weighted by molar-refractivity contribution is 5.87. The molecule has 2 aliphatic rings. The molecule has 2 saturated heterocycles. The molecule has 5 nitrogen and oxygen atoms in total. The predicted molar refractivity (Wildman–Crippen MR) is 104 cm³/mol. The molecule has 0 saturated carbocycles. The van der Waals surface area contributed by atoms with Crippen LogP contribution in [0.15, 0.2) is 48.7 Å². The number of aromatic nitrogens is 1. The van der Waals surface area contributed by atoms with Crippen molar-refractivity contribution in [3.63, 3.8) is 0 Å². The van der Waals surface area contributed by atoms with Crippen LogP contribution in [-0.2, 0) is 17.9 Å². The molecule has 154 valence electrons. The van der Waals surface area contributed by atoms with Gasteiger partial charge in [-0.3, -0.25) is 14.7 Å². The summed E-state index contributed by atoms with van der Waals surface area (Å²) in [7, 11) is 0. The van der Waals surface area contributed by atoms with E-state index in [0.29, 0.717) is 13.1 Å². The molecular formula is C22H25F2N3O2. The maximum atomic E-state index is 13.5. The van der Waals surface area contributed by atoms with E-state index in [1.54, 1.807) is 30.5 Å². The van der Waals surface area contributed by atoms with E-state index in [1.165, 1.54) is 0 Å². The third-order valence-electron chi connectivity index (χ3n) is 5.93. The summed E-state index contributed by atoms with van der Waals surface area (Å²) in [6.07, 6.45) is 5.42. The van der Waals surface area contributed by atoms with Crippen LogP contribution in [0.4, 0.5) is 8.78 Å². The highest BCUT2D eigenvalue weighted by Crippen LogP contribution is 2.39. The van der Waals surface area contributed by atoms with Crippen LogP contribution in [0.3, 0.4) is 0 Å². The lowest BCUT2D eigenvalue weighted by Crippen LogP contribution is -2.59. The smallest absolute Gasteiger partial charge is 0.387 e. The predicted octanol–water partition coefficient (Wildman–Crippen LogP) is 3.84. The molecule has 2 aliphatic heterocycles. The van der Waals surface area contributed by atoms with Crippen LogP contribution in [0.5, 0.6) is 5.75 Å². The standard InChI is InChI=1S/C22H25F2N3O2/c23-21(24)29-19-8-6-17(7-9-19)15-27-14-4-11-22(27)10-3-13-26(20(22)28)16-18-5-1-2-12-25-18/h1-2,5-9,12,21H,3-4,10-11,13-16H2. The fourth-order valence-corrected chi connectivity index (χ4v) is 4.59. The van der Waals surface area contributed by atoms with E-state index in [1.807, 2.05) is 23.1 Å². The van der Waals surface area contributed by atoms with Gasteiger partial charge < -0.3 is 9.64 Å². The third-order valence-corrected chi connectivity index (χ3v) is 5.93. The van der Waals surface area contributed by atoms with Crippen LogP contribution in [0.1, 0.15) is 36.9 Å². The van der Waals surface area contributed by atoms with E-state index < -0.39 is 12.2 Å². The normalized spacial score (nSPS) is 22.6.